The van der Waals surface area contributed by atoms with E-state index in [1.54, 1.807) is 36.9 Å². The van der Waals surface area contributed by atoms with Crippen LogP contribution in [0.5, 0.6) is 5.75 Å². The van der Waals surface area contributed by atoms with E-state index in [4.69, 9.17) is 4.74 Å². The summed E-state index contributed by atoms with van der Waals surface area (Å²) in [6, 6.07) is 1.77. The van der Waals surface area contributed by atoms with E-state index < -0.39 is 6.10 Å². The van der Waals surface area contributed by atoms with E-state index in [-0.39, 0.29) is 5.41 Å². The summed E-state index contributed by atoms with van der Waals surface area (Å²) in [5.74, 6) is 0.628. The number of aliphatic hydroxyl groups excluding tert-OH is 1. The number of nitrogens with zero attached hydrogens (tertiary/aromatic N) is 2. The molecule has 2 aromatic rings. The number of aliphatic hydroxyl groups is 1. The fourth-order valence-corrected chi connectivity index (χ4v) is 2.55. The van der Waals surface area contributed by atoms with E-state index in [2.05, 4.69) is 30.7 Å². The van der Waals surface area contributed by atoms with Gasteiger partial charge in [0.15, 0.2) is 0 Å². The predicted octanol–water partition coefficient (Wildman–Crippen LogP) is 2.93. The standard InChI is InChI=1S/C14H18N2O2S/c1-14(2,3)13-16-11(8-19-13)12(17)9-5-10(18-4)7-15-6-9/h5-8,12,17H,1-4H3. The highest BCUT2D eigenvalue weighted by Crippen LogP contribution is 2.30. The molecule has 0 fully saturated rings. The van der Waals surface area contributed by atoms with Gasteiger partial charge in [0.05, 0.1) is 24.0 Å². The smallest absolute Gasteiger partial charge is 0.137 e. The van der Waals surface area contributed by atoms with Crippen molar-refractivity contribution in [1.82, 2.24) is 9.97 Å². The molecule has 19 heavy (non-hydrogen) atoms. The number of ether oxygens (including phenoxy) is 1. The first kappa shape index (κ1) is 14.0. The van der Waals surface area contributed by atoms with Crippen molar-refractivity contribution in [2.45, 2.75) is 32.3 Å². The summed E-state index contributed by atoms with van der Waals surface area (Å²) in [7, 11) is 1.58. The van der Waals surface area contributed by atoms with Crippen LogP contribution >= 0.6 is 11.3 Å². The third kappa shape index (κ3) is 3.11. The maximum Gasteiger partial charge on any atom is 0.137 e. The second-order valence-electron chi connectivity index (χ2n) is 5.39. The minimum absolute atomic E-state index is 0.00470. The number of rotatable bonds is 3. The van der Waals surface area contributed by atoms with E-state index in [1.165, 1.54) is 0 Å². The molecule has 5 heteroatoms. The number of methoxy groups -OCH3 is 1. The van der Waals surface area contributed by atoms with Crippen molar-refractivity contribution in [3.05, 3.63) is 40.1 Å². The van der Waals surface area contributed by atoms with Crippen molar-refractivity contribution in [3.8, 4) is 5.75 Å². The summed E-state index contributed by atoms with van der Waals surface area (Å²) in [4.78, 5) is 8.56. The molecule has 0 saturated carbocycles. The van der Waals surface area contributed by atoms with E-state index in [0.717, 1.165) is 5.01 Å². The minimum Gasteiger partial charge on any atom is -0.495 e. The zero-order valence-corrected chi connectivity index (χ0v) is 12.4. The molecular weight excluding hydrogens is 260 g/mol. The van der Waals surface area contributed by atoms with Crippen molar-refractivity contribution in [2.24, 2.45) is 0 Å². The van der Waals surface area contributed by atoms with Crippen LogP contribution in [0.1, 0.15) is 43.1 Å². The molecule has 102 valence electrons. The van der Waals surface area contributed by atoms with Crippen LogP contribution in [0.2, 0.25) is 0 Å². The lowest BCUT2D eigenvalue weighted by molar-refractivity contribution is 0.214. The molecule has 0 aliphatic carbocycles. The molecule has 4 nitrogen and oxygen atoms in total. The molecule has 1 atom stereocenters. The Labute approximate surface area is 117 Å². The summed E-state index contributed by atoms with van der Waals surface area (Å²) in [5.41, 5.74) is 1.34. The van der Waals surface area contributed by atoms with Gasteiger partial charge in [0.25, 0.3) is 0 Å². The summed E-state index contributed by atoms with van der Waals surface area (Å²) in [6.07, 6.45) is 2.47. The number of hydrogen-bond acceptors (Lipinski definition) is 5. The first-order valence-electron chi connectivity index (χ1n) is 6.04. The third-order valence-electron chi connectivity index (χ3n) is 2.73. The van der Waals surface area contributed by atoms with E-state index in [0.29, 0.717) is 17.0 Å². The van der Waals surface area contributed by atoms with Gasteiger partial charge in [-0.25, -0.2) is 4.98 Å². The first-order chi connectivity index (χ1) is 8.91. The Balaban J connectivity index is 2.28. The fraction of sp³-hybridized carbons (Fsp3) is 0.429. The highest BCUT2D eigenvalue weighted by atomic mass is 32.1. The van der Waals surface area contributed by atoms with Gasteiger partial charge in [0.2, 0.25) is 0 Å². The second-order valence-corrected chi connectivity index (χ2v) is 6.25. The lowest BCUT2D eigenvalue weighted by Crippen LogP contribution is -2.11. The highest BCUT2D eigenvalue weighted by molar-refractivity contribution is 7.09. The molecule has 0 spiro atoms. The van der Waals surface area contributed by atoms with Crippen molar-refractivity contribution in [2.75, 3.05) is 7.11 Å². The van der Waals surface area contributed by atoms with Crippen molar-refractivity contribution in [3.63, 3.8) is 0 Å². The second kappa shape index (κ2) is 5.27. The zero-order chi connectivity index (χ0) is 14.0. The maximum absolute atomic E-state index is 10.3. The third-order valence-corrected chi connectivity index (χ3v) is 4.02. The Morgan fingerprint density at radius 3 is 2.63 bits per heavy atom. The topological polar surface area (TPSA) is 55.2 Å². The van der Waals surface area contributed by atoms with Crippen LogP contribution in [0.3, 0.4) is 0 Å². The Kier molecular flexibility index (Phi) is 3.87. The maximum atomic E-state index is 10.3. The lowest BCUT2D eigenvalue weighted by atomic mass is 9.98. The molecule has 1 N–H and O–H groups in total. The molecular formula is C14H18N2O2S. The van der Waals surface area contributed by atoms with Gasteiger partial charge in [0.1, 0.15) is 11.9 Å². The predicted molar refractivity (Wildman–Crippen MR) is 75.7 cm³/mol. The Hall–Kier alpha value is -1.46. The van der Waals surface area contributed by atoms with Crippen LogP contribution in [-0.4, -0.2) is 22.2 Å². The van der Waals surface area contributed by atoms with Gasteiger partial charge >= 0.3 is 0 Å². The molecule has 1 unspecified atom stereocenters. The van der Waals surface area contributed by atoms with Crippen LogP contribution in [0.25, 0.3) is 0 Å². The quantitative estimate of drug-likeness (QED) is 0.938. The Morgan fingerprint density at radius 1 is 1.32 bits per heavy atom. The molecule has 0 amide bonds. The number of pyridine rings is 1. The first-order valence-corrected chi connectivity index (χ1v) is 6.92. The molecule has 0 bridgehead atoms. The van der Waals surface area contributed by atoms with Gasteiger partial charge in [-0.3, -0.25) is 4.98 Å². The Morgan fingerprint density at radius 2 is 2.05 bits per heavy atom. The van der Waals surface area contributed by atoms with Gasteiger partial charge in [-0.2, -0.15) is 0 Å². The molecule has 2 rings (SSSR count). The lowest BCUT2D eigenvalue weighted by Gasteiger charge is -2.14. The van der Waals surface area contributed by atoms with Crippen molar-refractivity contribution in [1.29, 1.82) is 0 Å². The van der Waals surface area contributed by atoms with Crippen LogP contribution in [0.4, 0.5) is 0 Å². The summed E-state index contributed by atoms with van der Waals surface area (Å²) in [6.45, 7) is 6.32. The molecule has 0 aromatic carbocycles. The van der Waals surface area contributed by atoms with Gasteiger partial charge in [-0.1, -0.05) is 20.8 Å². The molecule has 2 aromatic heterocycles. The van der Waals surface area contributed by atoms with Gasteiger partial charge < -0.3 is 9.84 Å². The van der Waals surface area contributed by atoms with Crippen LogP contribution < -0.4 is 4.74 Å². The monoisotopic (exact) mass is 278 g/mol. The number of aromatic nitrogens is 2. The molecule has 2 heterocycles. The summed E-state index contributed by atoms with van der Waals surface area (Å²) < 4.78 is 5.11. The zero-order valence-electron chi connectivity index (χ0n) is 11.5. The van der Waals surface area contributed by atoms with Crippen LogP contribution in [0, 0.1) is 0 Å². The Bertz CT molecular complexity index is 561. The van der Waals surface area contributed by atoms with Gasteiger partial charge in [-0.15, -0.1) is 11.3 Å². The van der Waals surface area contributed by atoms with Crippen molar-refractivity contribution >= 4 is 11.3 Å². The highest BCUT2D eigenvalue weighted by Gasteiger charge is 2.21. The fourth-order valence-electron chi connectivity index (χ4n) is 1.62. The summed E-state index contributed by atoms with van der Waals surface area (Å²) in [5, 5.41) is 13.2. The van der Waals surface area contributed by atoms with Gasteiger partial charge in [0, 0.05) is 22.6 Å². The number of thiazole rings is 1. The van der Waals surface area contributed by atoms with Crippen LogP contribution in [-0.2, 0) is 5.41 Å². The van der Waals surface area contributed by atoms with E-state index >= 15 is 0 Å². The van der Waals surface area contributed by atoms with Gasteiger partial charge in [-0.05, 0) is 6.07 Å². The minimum atomic E-state index is -0.769. The normalized spacial score (nSPS) is 13.3. The average Bonchev–Trinajstić information content (AvgIpc) is 2.87. The summed E-state index contributed by atoms with van der Waals surface area (Å²) >= 11 is 1.57. The van der Waals surface area contributed by atoms with Crippen LogP contribution in [0.15, 0.2) is 23.8 Å². The largest absolute Gasteiger partial charge is 0.495 e. The average molecular weight is 278 g/mol. The molecule has 0 saturated heterocycles. The number of hydrogen-bond donors (Lipinski definition) is 1. The molecule has 0 radical (unpaired) electrons. The molecule has 0 aliphatic heterocycles. The van der Waals surface area contributed by atoms with E-state index in [9.17, 15) is 5.11 Å². The SMILES string of the molecule is COc1cncc(C(O)c2csc(C(C)(C)C)n2)c1. The molecule has 0 aliphatic rings. The van der Waals surface area contributed by atoms with Crippen molar-refractivity contribution < 1.29 is 9.84 Å². The van der Waals surface area contributed by atoms with E-state index in [1.807, 2.05) is 5.38 Å².